The first-order valence-corrected chi connectivity index (χ1v) is 7.37. The standard InChI is InChI=1S/C17H17N3O4/c1-11-3-5-13(6-4-11)15(21)7-8-16(22)19-17-12(2)9-14(10-18-17)20(23)24/h3-6,9-10H,7-8H2,1-2H3,(H,18,19,22). The fourth-order valence-electron chi connectivity index (χ4n) is 2.10. The van der Waals surface area contributed by atoms with Crippen molar-refractivity contribution in [3.05, 3.63) is 63.3 Å². The minimum atomic E-state index is -0.550. The number of aryl methyl sites for hydroxylation is 2. The Morgan fingerprint density at radius 2 is 1.83 bits per heavy atom. The number of ketones is 1. The summed E-state index contributed by atoms with van der Waals surface area (Å²) in [6, 6.07) is 8.49. The lowest BCUT2D eigenvalue weighted by molar-refractivity contribution is -0.385. The van der Waals surface area contributed by atoms with E-state index in [0.717, 1.165) is 11.8 Å². The van der Waals surface area contributed by atoms with E-state index >= 15 is 0 Å². The monoisotopic (exact) mass is 327 g/mol. The summed E-state index contributed by atoms with van der Waals surface area (Å²) in [6.07, 6.45) is 1.19. The number of pyridine rings is 1. The number of rotatable bonds is 6. The molecule has 0 saturated carbocycles. The highest BCUT2D eigenvalue weighted by atomic mass is 16.6. The fourth-order valence-corrected chi connectivity index (χ4v) is 2.10. The molecule has 0 aliphatic rings. The van der Waals surface area contributed by atoms with Crippen LogP contribution in [0, 0.1) is 24.0 Å². The lowest BCUT2D eigenvalue weighted by Gasteiger charge is -2.07. The molecular formula is C17H17N3O4. The third kappa shape index (κ3) is 4.45. The highest BCUT2D eigenvalue weighted by Gasteiger charge is 2.13. The lowest BCUT2D eigenvalue weighted by atomic mass is 10.0. The van der Waals surface area contributed by atoms with E-state index in [1.807, 2.05) is 19.1 Å². The van der Waals surface area contributed by atoms with Gasteiger partial charge in [0.1, 0.15) is 12.0 Å². The van der Waals surface area contributed by atoms with E-state index in [9.17, 15) is 19.7 Å². The highest BCUT2D eigenvalue weighted by molar-refractivity contribution is 5.99. The zero-order chi connectivity index (χ0) is 17.7. The van der Waals surface area contributed by atoms with Crippen LogP contribution in [0.5, 0.6) is 0 Å². The summed E-state index contributed by atoms with van der Waals surface area (Å²) in [5.74, 6) is -0.216. The van der Waals surface area contributed by atoms with Gasteiger partial charge in [-0.2, -0.15) is 0 Å². The van der Waals surface area contributed by atoms with Gasteiger partial charge in [0.25, 0.3) is 5.69 Å². The Labute approximate surface area is 138 Å². The second kappa shape index (κ2) is 7.45. The van der Waals surface area contributed by atoms with Crippen LogP contribution in [0.15, 0.2) is 36.5 Å². The molecule has 0 aliphatic heterocycles. The van der Waals surface area contributed by atoms with Crippen LogP contribution in [0.1, 0.15) is 34.3 Å². The number of hydrogen-bond acceptors (Lipinski definition) is 5. The number of nitro groups is 1. The molecule has 2 aromatic rings. The van der Waals surface area contributed by atoms with Crippen molar-refractivity contribution < 1.29 is 14.5 Å². The zero-order valence-electron chi connectivity index (χ0n) is 13.4. The second-order valence-corrected chi connectivity index (χ2v) is 5.45. The van der Waals surface area contributed by atoms with Crippen molar-refractivity contribution in [3.63, 3.8) is 0 Å². The molecule has 1 aromatic carbocycles. The molecule has 2 rings (SSSR count). The summed E-state index contributed by atoms with van der Waals surface area (Å²) in [5.41, 5.74) is 1.98. The van der Waals surface area contributed by atoms with E-state index in [0.29, 0.717) is 11.1 Å². The van der Waals surface area contributed by atoms with Gasteiger partial charge in [-0.3, -0.25) is 19.7 Å². The van der Waals surface area contributed by atoms with Gasteiger partial charge in [0.2, 0.25) is 5.91 Å². The number of hydrogen-bond donors (Lipinski definition) is 1. The first kappa shape index (κ1) is 17.3. The molecular weight excluding hydrogens is 310 g/mol. The molecule has 24 heavy (non-hydrogen) atoms. The molecule has 0 bridgehead atoms. The average Bonchev–Trinajstić information content (AvgIpc) is 2.55. The van der Waals surface area contributed by atoms with E-state index in [2.05, 4.69) is 10.3 Å². The molecule has 1 amide bonds. The maximum Gasteiger partial charge on any atom is 0.287 e. The summed E-state index contributed by atoms with van der Waals surface area (Å²) >= 11 is 0. The molecule has 0 spiro atoms. The van der Waals surface area contributed by atoms with Crippen LogP contribution in [0.25, 0.3) is 0 Å². The maximum atomic E-state index is 12.0. The van der Waals surface area contributed by atoms with E-state index in [-0.39, 0.29) is 36.0 Å². The van der Waals surface area contributed by atoms with E-state index in [1.165, 1.54) is 6.07 Å². The van der Waals surface area contributed by atoms with Crippen LogP contribution in [0.3, 0.4) is 0 Å². The number of anilines is 1. The van der Waals surface area contributed by atoms with Crippen molar-refractivity contribution in [1.82, 2.24) is 4.98 Å². The lowest BCUT2D eigenvalue weighted by Crippen LogP contribution is -2.15. The molecule has 7 heteroatoms. The molecule has 7 nitrogen and oxygen atoms in total. The van der Waals surface area contributed by atoms with Gasteiger partial charge in [0, 0.05) is 24.5 Å². The Balaban J connectivity index is 1.92. The molecule has 1 N–H and O–H groups in total. The Bertz CT molecular complexity index is 785. The summed E-state index contributed by atoms with van der Waals surface area (Å²) in [5, 5.41) is 13.2. The van der Waals surface area contributed by atoms with E-state index in [4.69, 9.17) is 0 Å². The van der Waals surface area contributed by atoms with E-state index in [1.54, 1.807) is 19.1 Å². The number of nitrogens with one attached hydrogen (secondary N) is 1. The molecule has 0 fully saturated rings. The SMILES string of the molecule is Cc1ccc(C(=O)CCC(=O)Nc2ncc([N+](=O)[O-])cc2C)cc1. The normalized spacial score (nSPS) is 10.2. The van der Waals surface area contributed by atoms with Crippen LogP contribution in [0.4, 0.5) is 11.5 Å². The van der Waals surface area contributed by atoms with Crippen molar-refractivity contribution >= 4 is 23.2 Å². The molecule has 1 aromatic heterocycles. The number of nitrogens with zero attached hydrogens (tertiary/aromatic N) is 2. The number of aromatic nitrogens is 1. The third-order valence-corrected chi connectivity index (χ3v) is 3.49. The molecule has 0 radical (unpaired) electrons. The number of Topliss-reactive ketones (excluding diaryl/α,β-unsaturated/α-hetero) is 1. The van der Waals surface area contributed by atoms with Gasteiger partial charge in [-0.15, -0.1) is 0 Å². The van der Waals surface area contributed by atoms with Crippen molar-refractivity contribution in [2.45, 2.75) is 26.7 Å². The molecule has 0 atom stereocenters. The smallest absolute Gasteiger partial charge is 0.287 e. The van der Waals surface area contributed by atoms with Crippen molar-refractivity contribution in [3.8, 4) is 0 Å². The van der Waals surface area contributed by atoms with Gasteiger partial charge in [-0.1, -0.05) is 29.8 Å². The average molecular weight is 327 g/mol. The van der Waals surface area contributed by atoms with Gasteiger partial charge in [0.05, 0.1) is 4.92 Å². The summed E-state index contributed by atoms with van der Waals surface area (Å²) in [4.78, 5) is 38.0. The van der Waals surface area contributed by atoms with Gasteiger partial charge in [-0.05, 0) is 19.4 Å². The summed E-state index contributed by atoms with van der Waals surface area (Å²) in [6.45, 7) is 3.55. The predicted octanol–water partition coefficient (Wildman–Crippen LogP) is 3.21. The van der Waals surface area contributed by atoms with Gasteiger partial charge in [-0.25, -0.2) is 4.98 Å². The first-order chi connectivity index (χ1) is 11.4. The Hall–Kier alpha value is -3.09. The maximum absolute atomic E-state index is 12.0. The van der Waals surface area contributed by atoms with Crippen LogP contribution in [0.2, 0.25) is 0 Å². The number of amides is 1. The van der Waals surface area contributed by atoms with Crippen LogP contribution in [-0.4, -0.2) is 21.6 Å². The first-order valence-electron chi connectivity index (χ1n) is 7.37. The Kier molecular flexibility index (Phi) is 5.36. The van der Waals surface area contributed by atoms with Crippen molar-refractivity contribution in [2.24, 2.45) is 0 Å². The van der Waals surface area contributed by atoms with Gasteiger partial charge >= 0.3 is 0 Å². The highest BCUT2D eigenvalue weighted by Crippen LogP contribution is 2.18. The minimum absolute atomic E-state index is 0.0187. The van der Waals surface area contributed by atoms with Crippen molar-refractivity contribution in [1.29, 1.82) is 0 Å². The molecule has 0 saturated heterocycles. The molecule has 0 unspecified atom stereocenters. The topological polar surface area (TPSA) is 102 Å². The van der Waals surface area contributed by atoms with Crippen LogP contribution >= 0.6 is 0 Å². The molecule has 124 valence electrons. The van der Waals surface area contributed by atoms with Crippen LogP contribution in [-0.2, 0) is 4.79 Å². The third-order valence-electron chi connectivity index (χ3n) is 3.49. The molecule has 0 aliphatic carbocycles. The van der Waals surface area contributed by atoms with Crippen molar-refractivity contribution in [2.75, 3.05) is 5.32 Å². The zero-order valence-corrected chi connectivity index (χ0v) is 13.4. The fraction of sp³-hybridized carbons (Fsp3) is 0.235. The quantitative estimate of drug-likeness (QED) is 0.498. The van der Waals surface area contributed by atoms with Gasteiger partial charge < -0.3 is 5.32 Å². The Morgan fingerprint density at radius 1 is 1.17 bits per heavy atom. The van der Waals surface area contributed by atoms with Crippen LogP contribution < -0.4 is 5.32 Å². The Morgan fingerprint density at radius 3 is 2.42 bits per heavy atom. The number of carbonyl (C=O) groups excluding carboxylic acids is 2. The minimum Gasteiger partial charge on any atom is -0.310 e. The summed E-state index contributed by atoms with van der Waals surface area (Å²) in [7, 11) is 0. The molecule has 1 heterocycles. The second-order valence-electron chi connectivity index (χ2n) is 5.45. The summed E-state index contributed by atoms with van der Waals surface area (Å²) < 4.78 is 0. The predicted molar refractivity (Wildman–Crippen MR) is 89.0 cm³/mol. The number of benzene rings is 1. The van der Waals surface area contributed by atoms with Gasteiger partial charge in [0.15, 0.2) is 5.78 Å². The van der Waals surface area contributed by atoms with E-state index < -0.39 is 4.92 Å². The largest absolute Gasteiger partial charge is 0.310 e. The number of carbonyl (C=O) groups is 2.